The minimum Gasteiger partial charge on any atom is -0.343 e. The summed E-state index contributed by atoms with van der Waals surface area (Å²) in [5, 5.41) is 0. The average Bonchev–Trinajstić information content (AvgIpc) is 3.25. The second-order valence-corrected chi connectivity index (χ2v) is 5.68. The van der Waals surface area contributed by atoms with Gasteiger partial charge >= 0.3 is 0 Å². The van der Waals surface area contributed by atoms with Crippen LogP contribution in [0.5, 0.6) is 0 Å². The molecule has 2 aromatic carbocycles. The average molecular weight is 286 g/mol. The number of nitrogens with zero attached hydrogens (tertiary/aromatic N) is 2. The molecule has 108 valence electrons. The van der Waals surface area contributed by atoms with Crippen LogP contribution in [0.4, 0.5) is 0 Å². The van der Waals surface area contributed by atoms with E-state index in [1.54, 1.807) is 0 Å². The molecule has 0 amide bonds. The Morgan fingerprint density at radius 3 is 1.95 bits per heavy atom. The van der Waals surface area contributed by atoms with Gasteiger partial charge in [-0.1, -0.05) is 85.0 Å². The van der Waals surface area contributed by atoms with Crippen molar-refractivity contribution in [2.24, 2.45) is 4.99 Å². The number of allylic oxidation sites excluding steroid dienone is 2. The standard InChI is InChI=1S/C20H18N2/c1-3-9-16(10-4-1)19-20(17-11-5-2-6-12-17)22(15-21-19)18-13-7-8-14-18/h1-15,18-20H. The smallest absolute Gasteiger partial charge is 0.101 e. The van der Waals surface area contributed by atoms with Crippen LogP contribution in [0.1, 0.15) is 23.2 Å². The third-order valence-electron chi connectivity index (χ3n) is 4.34. The molecule has 0 bridgehead atoms. The molecule has 0 saturated carbocycles. The fraction of sp³-hybridized carbons (Fsp3) is 0.150. The maximum Gasteiger partial charge on any atom is 0.101 e. The van der Waals surface area contributed by atoms with Gasteiger partial charge in [0.15, 0.2) is 0 Å². The molecule has 1 aliphatic carbocycles. The Kier molecular flexibility index (Phi) is 3.36. The molecule has 2 atom stereocenters. The molecule has 0 N–H and O–H groups in total. The van der Waals surface area contributed by atoms with Crippen LogP contribution in [0, 0.1) is 0 Å². The van der Waals surface area contributed by atoms with Crippen LogP contribution in [-0.2, 0) is 0 Å². The highest BCUT2D eigenvalue weighted by atomic mass is 15.3. The SMILES string of the molecule is C1=CC(N2C=NC(c3ccccc3)C2c2ccccc2)C=C1. The summed E-state index contributed by atoms with van der Waals surface area (Å²) in [4.78, 5) is 7.18. The number of hydrogen-bond donors (Lipinski definition) is 0. The summed E-state index contributed by atoms with van der Waals surface area (Å²) in [7, 11) is 0. The Bertz CT molecular complexity index is 704. The predicted octanol–water partition coefficient (Wildman–Crippen LogP) is 4.31. The second kappa shape index (κ2) is 5.64. The van der Waals surface area contributed by atoms with E-state index in [9.17, 15) is 0 Å². The van der Waals surface area contributed by atoms with Gasteiger partial charge in [-0.15, -0.1) is 0 Å². The summed E-state index contributed by atoms with van der Waals surface area (Å²) in [6.45, 7) is 0. The molecule has 4 rings (SSSR count). The molecule has 0 fully saturated rings. The van der Waals surface area contributed by atoms with E-state index in [1.165, 1.54) is 11.1 Å². The molecule has 0 aromatic heterocycles. The Labute approximate surface area is 131 Å². The van der Waals surface area contributed by atoms with Crippen molar-refractivity contribution in [2.45, 2.75) is 18.1 Å². The first kappa shape index (κ1) is 13.1. The monoisotopic (exact) mass is 286 g/mol. The summed E-state index contributed by atoms with van der Waals surface area (Å²) >= 11 is 0. The van der Waals surface area contributed by atoms with Crippen molar-refractivity contribution in [1.29, 1.82) is 0 Å². The number of rotatable bonds is 3. The van der Waals surface area contributed by atoms with Gasteiger partial charge in [0.25, 0.3) is 0 Å². The van der Waals surface area contributed by atoms with Crippen LogP contribution < -0.4 is 0 Å². The summed E-state index contributed by atoms with van der Waals surface area (Å²) < 4.78 is 0. The summed E-state index contributed by atoms with van der Waals surface area (Å²) in [6.07, 6.45) is 10.7. The van der Waals surface area contributed by atoms with Crippen molar-refractivity contribution in [3.63, 3.8) is 0 Å². The van der Waals surface area contributed by atoms with E-state index in [0.717, 1.165) is 0 Å². The van der Waals surface area contributed by atoms with E-state index in [0.29, 0.717) is 6.04 Å². The lowest BCUT2D eigenvalue weighted by Gasteiger charge is -2.32. The highest BCUT2D eigenvalue weighted by Crippen LogP contribution is 2.41. The van der Waals surface area contributed by atoms with E-state index in [4.69, 9.17) is 4.99 Å². The Morgan fingerprint density at radius 1 is 0.727 bits per heavy atom. The third-order valence-corrected chi connectivity index (χ3v) is 4.34. The Morgan fingerprint density at radius 2 is 1.32 bits per heavy atom. The highest BCUT2D eigenvalue weighted by molar-refractivity contribution is 5.63. The zero-order valence-electron chi connectivity index (χ0n) is 12.3. The van der Waals surface area contributed by atoms with E-state index in [1.807, 2.05) is 6.34 Å². The molecule has 1 heterocycles. The molecule has 2 aliphatic rings. The van der Waals surface area contributed by atoms with Crippen molar-refractivity contribution in [3.05, 3.63) is 96.1 Å². The molecule has 2 aromatic rings. The van der Waals surface area contributed by atoms with Crippen molar-refractivity contribution in [2.75, 3.05) is 0 Å². The van der Waals surface area contributed by atoms with Gasteiger partial charge < -0.3 is 4.90 Å². The maximum atomic E-state index is 4.82. The normalized spacial score (nSPS) is 23.5. The molecule has 2 nitrogen and oxygen atoms in total. The second-order valence-electron chi connectivity index (χ2n) is 5.68. The Balaban J connectivity index is 1.74. The lowest BCUT2D eigenvalue weighted by molar-refractivity contribution is 0.305. The summed E-state index contributed by atoms with van der Waals surface area (Å²) in [5.41, 5.74) is 2.57. The van der Waals surface area contributed by atoms with Gasteiger partial charge in [-0.2, -0.15) is 0 Å². The molecule has 1 aliphatic heterocycles. The quantitative estimate of drug-likeness (QED) is 0.821. The fourth-order valence-electron chi connectivity index (χ4n) is 3.27. The van der Waals surface area contributed by atoms with Gasteiger partial charge in [-0.05, 0) is 11.1 Å². The zero-order chi connectivity index (χ0) is 14.8. The van der Waals surface area contributed by atoms with Gasteiger partial charge in [0, 0.05) is 0 Å². The molecular weight excluding hydrogens is 268 g/mol. The third kappa shape index (κ3) is 2.27. The molecule has 2 unspecified atom stereocenters. The molecule has 22 heavy (non-hydrogen) atoms. The van der Waals surface area contributed by atoms with Crippen molar-refractivity contribution < 1.29 is 0 Å². The number of benzene rings is 2. The van der Waals surface area contributed by atoms with Crippen LogP contribution in [0.15, 0.2) is 90.0 Å². The van der Waals surface area contributed by atoms with Gasteiger partial charge in [0.1, 0.15) is 6.04 Å². The fourth-order valence-corrected chi connectivity index (χ4v) is 3.27. The first-order chi connectivity index (χ1) is 10.9. The number of aliphatic imine (C=N–C) groups is 1. The van der Waals surface area contributed by atoms with Crippen LogP contribution >= 0.6 is 0 Å². The minimum absolute atomic E-state index is 0.144. The largest absolute Gasteiger partial charge is 0.343 e. The van der Waals surface area contributed by atoms with Crippen molar-refractivity contribution in [3.8, 4) is 0 Å². The molecule has 0 spiro atoms. The first-order valence-electron chi connectivity index (χ1n) is 7.69. The summed E-state index contributed by atoms with van der Waals surface area (Å²) in [5.74, 6) is 0. The van der Waals surface area contributed by atoms with Crippen LogP contribution in [-0.4, -0.2) is 17.3 Å². The van der Waals surface area contributed by atoms with E-state index < -0.39 is 0 Å². The lowest BCUT2D eigenvalue weighted by Crippen LogP contribution is -2.32. The molecule has 0 saturated heterocycles. The molecule has 2 heteroatoms. The van der Waals surface area contributed by atoms with Gasteiger partial charge in [0.2, 0.25) is 0 Å². The van der Waals surface area contributed by atoms with Crippen LogP contribution in [0.2, 0.25) is 0 Å². The van der Waals surface area contributed by atoms with Gasteiger partial charge in [0.05, 0.1) is 18.4 Å². The minimum atomic E-state index is 0.144. The van der Waals surface area contributed by atoms with E-state index >= 15 is 0 Å². The van der Waals surface area contributed by atoms with Crippen molar-refractivity contribution >= 4 is 6.34 Å². The van der Waals surface area contributed by atoms with Gasteiger partial charge in [-0.25, -0.2) is 0 Å². The van der Waals surface area contributed by atoms with Crippen LogP contribution in [0.25, 0.3) is 0 Å². The lowest BCUT2D eigenvalue weighted by atomic mass is 9.93. The number of hydrogen-bond acceptors (Lipinski definition) is 2. The van der Waals surface area contributed by atoms with Crippen LogP contribution in [0.3, 0.4) is 0 Å². The first-order valence-corrected chi connectivity index (χ1v) is 7.69. The highest BCUT2D eigenvalue weighted by Gasteiger charge is 2.35. The van der Waals surface area contributed by atoms with E-state index in [2.05, 4.69) is 89.9 Å². The van der Waals surface area contributed by atoms with Gasteiger partial charge in [-0.3, -0.25) is 4.99 Å². The molecular formula is C20H18N2. The zero-order valence-corrected chi connectivity index (χ0v) is 12.3. The molecule has 0 radical (unpaired) electrons. The summed E-state index contributed by atoms with van der Waals surface area (Å²) in [6, 6.07) is 21.9. The predicted molar refractivity (Wildman–Crippen MR) is 90.8 cm³/mol. The maximum absolute atomic E-state index is 4.82. The Hall–Kier alpha value is -2.61. The van der Waals surface area contributed by atoms with Crippen molar-refractivity contribution in [1.82, 2.24) is 4.90 Å². The van der Waals surface area contributed by atoms with E-state index in [-0.39, 0.29) is 12.1 Å². The topological polar surface area (TPSA) is 15.6 Å².